The van der Waals surface area contributed by atoms with Gasteiger partial charge in [0.2, 0.25) is 5.91 Å². The van der Waals surface area contributed by atoms with Crippen molar-refractivity contribution in [1.29, 1.82) is 0 Å². The summed E-state index contributed by atoms with van der Waals surface area (Å²) in [6.45, 7) is 9.87. The van der Waals surface area contributed by atoms with Crippen molar-refractivity contribution in [2.45, 2.75) is 103 Å². The second kappa shape index (κ2) is 7.82. The summed E-state index contributed by atoms with van der Waals surface area (Å²) in [5.41, 5.74) is 0.974. The monoisotopic (exact) mass is 405 g/mol. The number of piperidine rings is 1. The molecule has 3 saturated carbocycles. The van der Waals surface area contributed by atoms with E-state index in [4.69, 9.17) is 0 Å². The van der Waals surface area contributed by atoms with Gasteiger partial charge in [0, 0.05) is 19.5 Å². The van der Waals surface area contributed by atoms with Crippen LogP contribution in [0.15, 0.2) is 0 Å². The molecule has 0 aromatic heterocycles. The van der Waals surface area contributed by atoms with Crippen LogP contribution >= 0.6 is 11.8 Å². The molecule has 2 nitrogen and oxygen atoms in total. The summed E-state index contributed by atoms with van der Waals surface area (Å²) in [5, 5.41) is 0.777. The maximum absolute atomic E-state index is 12.3. The summed E-state index contributed by atoms with van der Waals surface area (Å²) in [7, 11) is 2.08. The van der Waals surface area contributed by atoms with Gasteiger partial charge in [-0.25, -0.2) is 0 Å². The van der Waals surface area contributed by atoms with E-state index in [-0.39, 0.29) is 0 Å². The zero-order valence-corrected chi connectivity index (χ0v) is 19.8. The first-order valence-electron chi connectivity index (χ1n) is 12.1. The van der Waals surface area contributed by atoms with E-state index in [0.717, 1.165) is 41.8 Å². The molecule has 0 aromatic carbocycles. The third-order valence-electron chi connectivity index (χ3n) is 9.90. The number of thioether (sulfide) groups is 1. The zero-order valence-electron chi connectivity index (χ0n) is 19.0. The summed E-state index contributed by atoms with van der Waals surface area (Å²) in [4.78, 5) is 14.5. The van der Waals surface area contributed by atoms with Crippen molar-refractivity contribution in [3.8, 4) is 0 Å². The van der Waals surface area contributed by atoms with Crippen LogP contribution in [0, 0.1) is 34.5 Å². The lowest BCUT2D eigenvalue weighted by molar-refractivity contribution is -0.158. The highest BCUT2D eigenvalue weighted by molar-refractivity contribution is 7.99. The average Bonchev–Trinajstić information content (AvgIpc) is 2.98. The molecule has 3 aliphatic carbocycles. The standard InChI is InChI=1S/C25H43NOS/c1-17(2)28-16-6-7-18-8-10-20-19-9-11-22-25(4,15-13-23(27)26(22)5)21(19)12-14-24(18,20)3/h17-22H,6-16H2,1-5H3/t18?,19-,20-,21-,22+,24+,25+/m0/s1. The molecule has 1 heterocycles. The lowest BCUT2D eigenvalue weighted by Crippen LogP contribution is -2.61. The van der Waals surface area contributed by atoms with E-state index < -0.39 is 0 Å². The molecule has 160 valence electrons. The van der Waals surface area contributed by atoms with Gasteiger partial charge in [0.05, 0.1) is 0 Å². The number of amides is 1. The fourth-order valence-corrected chi connectivity index (χ4v) is 9.19. The number of rotatable bonds is 5. The predicted molar refractivity (Wildman–Crippen MR) is 120 cm³/mol. The number of likely N-dealkylation sites (tertiary alicyclic amines) is 1. The van der Waals surface area contributed by atoms with Gasteiger partial charge in [0.15, 0.2) is 0 Å². The first-order valence-corrected chi connectivity index (χ1v) is 13.2. The van der Waals surface area contributed by atoms with Crippen molar-refractivity contribution < 1.29 is 4.79 Å². The van der Waals surface area contributed by atoms with Crippen molar-refractivity contribution in [3.63, 3.8) is 0 Å². The van der Waals surface area contributed by atoms with Crippen LogP contribution in [-0.4, -0.2) is 34.9 Å². The van der Waals surface area contributed by atoms with Crippen molar-refractivity contribution in [1.82, 2.24) is 4.90 Å². The van der Waals surface area contributed by atoms with E-state index in [1.54, 1.807) is 0 Å². The molecule has 4 fully saturated rings. The highest BCUT2D eigenvalue weighted by Crippen LogP contribution is 2.66. The number of hydrogen-bond donors (Lipinski definition) is 0. The first kappa shape index (κ1) is 21.1. The van der Waals surface area contributed by atoms with Gasteiger partial charge in [-0.15, -0.1) is 0 Å². The maximum Gasteiger partial charge on any atom is 0.222 e. The molecule has 28 heavy (non-hydrogen) atoms. The van der Waals surface area contributed by atoms with Gasteiger partial charge >= 0.3 is 0 Å². The highest BCUT2D eigenvalue weighted by Gasteiger charge is 2.60. The first-order chi connectivity index (χ1) is 13.3. The SMILES string of the molecule is CC(C)SCCCC1CC[C@H]2[C@@H]3CC[C@H]4N(C)C(=O)CC[C@]4(C)[C@H]3CC[C@]12C. The molecule has 0 radical (unpaired) electrons. The van der Waals surface area contributed by atoms with Crippen LogP contribution in [0.3, 0.4) is 0 Å². The molecule has 4 aliphatic rings. The molecular formula is C25H43NOS. The molecule has 1 saturated heterocycles. The Morgan fingerprint density at radius 3 is 2.54 bits per heavy atom. The van der Waals surface area contributed by atoms with Crippen molar-refractivity contribution in [2.75, 3.05) is 12.8 Å². The third-order valence-corrected chi connectivity index (χ3v) is 11.1. The molecule has 7 atom stereocenters. The van der Waals surface area contributed by atoms with Crippen LogP contribution in [0.5, 0.6) is 0 Å². The summed E-state index contributed by atoms with van der Waals surface area (Å²) in [5.74, 6) is 5.44. The van der Waals surface area contributed by atoms with Gasteiger partial charge in [-0.05, 0) is 103 Å². The van der Waals surface area contributed by atoms with Crippen molar-refractivity contribution in [2.24, 2.45) is 34.5 Å². The Labute approximate surface area is 178 Å². The summed E-state index contributed by atoms with van der Waals surface area (Å²) in [6, 6.07) is 0.504. The molecule has 3 heteroatoms. The number of nitrogens with zero attached hydrogens (tertiary/aromatic N) is 1. The minimum absolute atomic E-state index is 0.374. The molecule has 0 spiro atoms. The predicted octanol–water partition coefficient (Wildman–Crippen LogP) is 6.39. The lowest BCUT2D eigenvalue weighted by atomic mass is 9.46. The second-order valence-electron chi connectivity index (χ2n) is 11.4. The smallest absolute Gasteiger partial charge is 0.222 e. The van der Waals surface area contributed by atoms with E-state index in [9.17, 15) is 4.79 Å². The van der Waals surface area contributed by atoms with Crippen LogP contribution in [0.2, 0.25) is 0 Å². The Kier molecular flexibility index (Phi) is 5.88. The normalized spacial score (nSPS) is 45.7. The molecule has 1 amide bonds. The molecular weight excluding hydrogens is 362 g/mol. The minimum atomic E-state index is 0.374. The second-order valence-corrected chi connectivity index (χ2v) is 13.0. The van der Waals surface area contributed by atoms with Crippen LogP contribution in [0.1, 0.15) is 91.9 Å². The molecule has 4 rings (SSSR count). The van der Waals surface area contributed by atoms with Crippen LogP contribution in [-0.2, 0) is 4.79 Å². The van der Waals surface area contributed by atoms with Gasteiger partial charge in [-0.1, -0.05) is 27.7 Å². The average molecular weight is 406 g/mol. The van der Waals surface area contributed by atoms with E-state index in [2.05, 4.69) is 51.4 Å². The lowest BCUT2D eigenvalue weighted by Gasteiger charge is -2.62. The summed E-state index contributed by atoms with van der Waals surface area (Å²) < 4.78 is 0. The van der Waals surface area contributed by atoms with E-state index in [0.29, 0.717) is 22.8 Å². The number of fused-ring (bicyclic) bond motifs is 5. The van der Waals surface area contributed by atoms with Crippen LogP contribution in [0.4, 0.5) is 0 Å². The number of carbonyl (C=O) groups is 1. The Bertz CT molecular complexity index is 591. The fraction of sp³-hybridized carbons (Fsp3) is 0.960. The largest absolute Gasteiger partial charge is 0.342 e. The molecule has 0 aromatic rings. The van der Waals surface area contributed by atoms with Gasteiger partial charge in [0.25, 0.3) is 0 Å². The molecule has 1 unspecified atom stereocenters. The topological polar surface area (TPSA) is 20.3 Å². The van der Waals surface area contributed by atoms with Gasteiger partial charge in [-0.2, -0.15) is 11.8 Å². The van der Waals surface area contributed by atoms with E-state index >= 15 is 0 Å². The highest BCUT2D eigenvalue weighted by atomic mass is 32.2. The summed E-state index contributed by atoms with van der Waals surface area (Å²) >= 11 is 2.14. The Morgan fingerprint density at radius 2 is 1.79 bits per heavy atom. The minimum Gasteiger partial charge on any atom is -0.342 e. The molecule has 0 bridgehead atoms. The number of carbonyl (C=O) groups excluding carboxylic acids is 1. The molecule has 1 aliphatic heterocycles. The quantitative estimate of drug-likeness (QED) is 0.494. The fourth-order valence-electron chi connectivity index (χ4n) is 8.38. The van der Waals surface area contributed by atoms with Gasteiger partial charge in [0.1, 0.15) is 0 Å². The molecule has 0 N–H and O–H groups in total. The van der Waals surface area contributed by atoms with E-state index in [1.807, 2.05) is 0 Å². The van der Waals surface area contributed by atoms with Crippen LogP contribution < -0.4 is 0 Å². The number of hydrogen-bond acceptors (Lipinski definition) is 2. The van der Waals surface area contributed by atoms with Crippen LogP contribution in [0.25, 0.3) is 0 Å². The third kappa shape index (κ3) is 3.36. The van der Waals surface area contributed by atoms with E-state index in [1.165, 1.54) is 57.1 Å². The Balaban J connectivity index is 1.45. The Hall–Kier alpha value is -0.180. The summed E-state index contributed by atoms with van der Waals surface area (Å²) in [6.07, 6.45) is 13.3. The van der Waals surface area contributed by atoms with Gasteiger partial charge < -0.3 is 4.90 Å². The Morgan fingerprint density at radius 1 is 1.04 bits per heavy atom. The van der Waals surface area contributed by atoms with Crippen molar-refractivity contribution >= 4 is 17.7 Å². The van der Waals surface area contributed by atoms with Gasteiger partial charge in [-0.3, -0.25) is 4.79 Å². The zero-order chi connectivity index (χ0) is 20.1. The maximum atomic E-state index is 12.3. The van der Waals surface area contributed by atoms with Crippen molar-refractivity contribution in [3.05, 3.63) is 0 Å².